The number of benzene rings is 2. The van der Waals surface area contributed by atoms with Crippen LogP contribution in [0.3, 0.4) is 0 Å². The SMILES string of the molecule is COC(=O)N/N=C\c1cc(Br)c(OCc2ccc(Cl)cc2Cl)c(OC)c1. The highest BCUT2D eigenvalue weighted by molar-refractivity contribution is 9.10. The second-order valence-electron chi connectivity index (χ2n) is 4.92. The first-order chi connectivity index (χ1) is 12.4. The number of methoxy groups -OCH3 is 2. The summed E-state index contributed by atoms with van der Waals surface area (Å²) in [6.07, 6.45) is 0.788. The topological polar surface area (TPSA) is 69.2 Å². The van der Waals surface area contributed by atoms with Gasteiger partial charge in [-0.1, -0.05) is 29.3 Å². The summed E-state index contributed by atoms with van der Waals surface area (Å²) in [5, 5.41) is 4.85. The van der Waals surface area contributed by atoms with E-state index in [0.29, 0.717) is 31.6 Å². The van der Waals surface area contributed by atoms with Gasteiger partial charge in [-0.05, 0) is 45.8 Å². The highest BCUT2D eigenvalue weighted by Gasteiger charge is 2.12. The summed E-state index contributed by atoms with van der Waals surface area (Å²) in [7, 11) is 2.78. The minimum Gasteiger partial charge on any atom is -0.493 e. The van der Waals surface area contributed by atoms with Crippen molar-refractivity contribution < 1.29 is 19.0 Å². The van der Waals surface area contributed by atoms with Crippen LogP contribution in [-0.2, 0) is 11.3 Å². The van der Waals surface area contributed by atoms with Gasteiger partial charge in [-0.25, -0.2) is 10.2 Å². The van der Waals surface area contributed by atoms with Crippen molar-refractivity contribution in [1.82, 2.24) is 5.43 Å². The fraction of sp³-hybridized carbons (Fsp3) is 0.176. The molecule has 9 heteroatoms. The average molecular weight is 462 g/mol. The maximum absolute atomic E-state index is 11.0. The predicted molar refractivity (Wildman–Crippen MR) is 105 cm³/mol. The van der Waals surface area contributed by atoms with Crippen molar-refractivity contribution in [3.05, 3.63) is 56.0 Å². The molecular weight excluding hydrogens is 447 g/mol. The maximum atomic E-state index is 11.0. The van der Waals surface area contributed by atoms with Crippen LogP contribution in [0.5, 0.6) is 11.5 Å². The molecule has 2 aromatic carbocycles. The molecule has 0 aliphatic heterocycles. The first-order valence-corrected chi connectivity index (χ1v) is 8.80. The standard InChI is InChI=1S/C17H15BrCl2N2O4/c1-24-15-6-10(8-21-22-17(23)25-2)5-13(18)16(15)26-9-11-3-4-12(19)7-14(11)20/h3-8H,9H2,1-2H3,(H,22,23)/b21-8-. The van der Waals surface area contributed by atoms with Crippen LogP contribution in [0.2, 0.25) is 10.0 Å². The van der Waals surface area contributed by atoms with Crippen LogP contribution in [0.15, 0.2) is 39.9 Å². The van der Waals surface area contributed by atoms with Gasteiger partial charge in [0, 0.05) is 15.6 Å². The molecule has 0 radical (unpaired) electrons. The highest BCUT2D eigenvalue weighted by atomic mass is 79.9. The molecule has 0 unspecified atom stereocenters. The Bertz CT molecular complexity index is 831. The van der Waals surface area contributed by atoms with Gasteiger partial charge in [0.25, 0.3) is 0 Å². The molecule has 0 aromatic heterocycles. The molecule has 0 atom stereocenters. The number of nitrogens with zero attached hydrogens (tertiary/aromatic N) is 1. The summed E-state index contributed by atoms with van der Waals surface area (Å²) in [4.78, 5) is 11.0. The Labute approximate surface area is 169 Å². The lowest BCUT2D eigenvalue weighted by atomic mass is 10.2. The van der Waals surface area contributed by atoms with E-state index < -0.39 is 6.09 Å². The number of carbonyl (C=O) groups is 1. The summed E-state index contributed by atoms with van der Waals surface area (Å²) < 4.78 is 16.3. The number of hydrogen-bond donors (Lipinski definition) is 1. The number of rotatable bonds is 6. The highest BCUT2D eigenvalue weighted by Crippen LogP contribution is 2.37. The Balaban J connectivity index is 2.17. The van der Waals surface area contributed by atoms with Crippen molar-refractivity contribution in [2.24, 2.45) is 5.10 Å². The van der Waals surface area contributed by atoms with Gasteiger partial charge in [-0.15, -0.1) is 0 Å². The summed E-state index contributed by atoms with van der Waals surface area (Å²) in [6.45, 7) is 0.238. The normalized spacial score (nSPS) is 10.7. The van der Waals surface area contributed by atoms with Crippen LogP contribution >= 0.6 is 39.1 Å². The first-order valence-electron chi connectivity index (χ1n) is 7.26. The molecule has 6 nitrogen and oxygen atoms in total. The Morgan fingerprint density at radius 2 is 2.04 bits per heavy atom. The number of hydrogen-bond acceptors (Lipinski definition) is 5. The molecule has 0 spiro atoms. The zero-order chi connectivity index (χ0) is 19.1. The largest absolute Gasteiger partial charge is 0.493 e. The van der Waals surface area contributed by atoms with Crippen LogP contribution in [-0.4, -0.2) is 26.5 Å². The first kappa shape index (κ1) is 20.4. The summed E-state index contributed by atoms with van der Waals surface area (Å²) >= 11 is 15.5. The maximum Gasteiger partial charge on any atom is 0.427 e. The molecule has 2 rings (SSSR count). The van der Waals surface area contributed by atoms with Crippen molar-refractivity contribution in [3.63, 3.8) is 0 Å². The van der Waals surface area contributed by atoms with Gasteiger partial charge < -0.3 is 14.2 Å². The van der Waals surface area contributed by atoms with Gasteiger partial charge in [-0.2, -0.15) is 5.10 Å². The molecule has 2 aromatic rings. The van der Waals surface area contributed by atoms with E-state index in [4.69, 9.17) is 32.7 Å². The fourth-order valence-corrected chi connectivity index (χ4v) is 2.99. The third-order valence-corrected chi connectivity index (χ3v) is 4.37. The zero-order valence-corrected chi connectivity index (χ0v) is 17.0. The second kappa shape index (κ2) is 9.66. The fourth-order valence-electron chi connectivity index (χ4n) is 1.95. The van der Waals surface area contributed by atoms with Crippen LogP contribution in [0.1, 0.15) is 11.1 Å². The Morgan fingerprint density at radius 3 is 2.69 bits per heavy atom. The Kier molecular flexibility index (Phi) is 7.56. The van der Waals surface area contributed by atoms with Gasteiger partial charge in [0.15, 0.2) is 11.5 Å². The van der Waals surface area contributed by atoms with E-state index in [1.165, 1.54) is 20.4 Å². The predicted octanol–water partition coefficient (Wildman–Crippen LogP) is 5.03. The number of halogens is 3. The molecule has 0 heterocycles. The lowest BCUT2D eigenvalue weighted by Crippen LogP contribution is -2.16. The summed E-state index contributed by atoms with van der Waals surface area (Å²) in [6, 6.07) is 8.68. The van der Waals surface area contributed by atoms with E-state index >= 15 is 0 Å². The number of hydrazone groups is 1. The van der Waals surface area contributed by atoms with Crippen LogP contribution in [0.4, 0.5) is 4.79 Å². The molecule has 0 bridgehead atoms. The zero-order valence-electron chi connectivity index (χ0n) is 13.9. The van der Waals surface area contributed by atoms with E-state index in [1.807, 2.05) is 0 Å². The van der Waals surface area contributed by atoms with Gasteiger partial charge in [-0.3, -0.25) is 0 Å². The number of amides is 1. The van der Waals surface area contributed by atoms with Crippen molar-refractivity contribution >= 4 is 51.4 Å². The number of carbonyl (C=O) groups excluding carboxylic acids is 1. The van der Waals surface area contributed by atoms with E-state index in [0.717, 1.165) is 5.56 Å². The Morgan fingerprint density at radius 1 is 1.27 bits per heavy atom. The number of nitrogens with one attached hydrogen (secondary N) is 1. The van der Waals surface area contributed by atoms with E-state index in [1.54, 1.807) is 30.3 Å². The monoisotopic (exact) mass is 460 g/mol. The van der Waals surface area contributed by atoms with Crippen molar-refractivity contribution in [1.29, 1.82) is 0 Å². The van der Waals surface area contributed by atoms with Gasteiger partial charge in [0.1, 0.15) is 6.61 Å². The molecule has 1 N–H and O–H groups in total. The van der Waals surface area contributed by atoms with Gasteiger partial charge >= 0.3 is 6.09 Å². The van der Waals surface area contributed by atoms with Crippen molar-refractivity contribution in [3.8, 4) is 11.5 Å². The molecule has 138 valence electrons. The molecular formula is C17H15BrCl2N2O4. The third-order valence-electron chi connectivity index (χ3n) is 3.19. The van der Waals surface area contributed by atoms with Crippen LogP contribution in [0.25, 0.3) is 0 Å². The quantitative estimate of drug-likeness (QED) is 0.483. The van der Waals surface area contributed by atoms with E-state index in [-0.39, 0.29) is 6.61 Å². The van der Waals surface area contributed by atoms with E-state index in [2.05, 4.69) is 31.2 Å². The van der Waals surface area contributed by atoms with Crippen LogP contribution in [0, 0.1) is 0 Å². The Hall–Kier alpha value is -1.96. The lowest BCUT2D eigenvalue weighted by molar-refractivity contribution is 0.171. The van der Waals surface area contributed by atoms with Crippen molar-refractivity contribution in [2.45, 2.75) is 6.61 Å². The summed E-state index contributed by atoms with van der Waals surface area (Å²) in [5.41, 5.74) is 3.68. The number of ether oxygens (including phenoxy) is 3. The second-order valence-corrected chi connectivity index (χ2v) is 6.62. The molecule has 0 saturated heterocycles. The minimum atomic E-state index is -0.660. The minimum absolute atomic E-state index is 0.238. The van der Waals surface area contributed by atoms with Crippen molar-refractivity contribution in [2.75, 3.05) is 14.2 Å². The molecule has 0 fully saturated rings. The molecule has 0 aliphatic rings. The van der Waals surface area contributed by atoms with E-state index in [9.17, 15) is 4.79 Å². The average Bonchev–Trinajstić information content (AvgIpc) is 2.61. The molecule has 26 heavy (non-hydrogen) atoms. The van der Waals surface area contributed by atoms with Gasteiger partial charge in [0.2, 0.25) is 0 Å². The van der Waals surface area contributed by atoms with Crippen LogP contribution < -0.4 is 14.9 Å². The molecule has 0 aliphatic carbocycles. The van der Waals surface area contributed by atoms with Gasteiger partial charge in [0.05, 0.1) is 24.9 Å². The summed E-state index contributed by atoms with van der Waals surface area (Å²) in [5.74, 6) is 1.00. The third kappa shape index (κ3) is 5.52. The molecule has 1 amide bonds. The lowest BCUT2D eigenvalue weighted by Gasteiger charge is -2.14. The molecule has 0 saturated carbocycles. The smallest absolute Gasteiger partial charge is 0.427 e.